The monoisotopic (exact) mass is 459 g/mol. The number of rotatable bonds is 8. The number of aryl methyl sites for hydroxylation is 1. The number of benzene rings is 2. The summed E-state index contributed by atoms with van der Waals surface area (Å²) in [5, 5.41) is 16.6. The predicted molar refractivity (Wildman–Crippen MR) is 118 cm³/mol. The average molecular weight is 460 g/mol. The van der Waals surface area contributed by atoms with Gasteiger partial charge in [-0.2, -0.15) is 8.42 Å². The molecule has 0 amide bonds. The lowest BCUT2D eigenvalue weighted by molar-refractivity contribution is -0.0230. The molecule has 2 aromatic heterocycles. The van der Waals surface area contributed by atoms with Crippen molar-refractivity contribution in [1.82, 2.24) is 5.16 Å². The SMILES string of the molecule is Cc1ccc(S(=O)(=O)OCC(C)(O)COc2cccc(-c3noc4ccsc34)c2)cc1. The van der Waals surface area contributed by atoms with E-state index in [2.05, 4.69) is 5.16 Å². The van der Waals surface area contributed by atoms with E-state index in [1.807, 2.05) is 30.5 Å². The molecule has 2 aromatic carbocycles. The molecular weight excluding hydrogens is 438 g/mol. The third kappa shape index (κ3) is 4.96. The molecule has 9 heteroatoms. The van der Waals surface area contributed by atoms with Crippen LogP contribution in [0.25, 0.3) is 21.5 Å². The molecule has 0 bridgehead atoms. The zero-order chi connectivity index (χ0) is 22.1. The Hall–Kier alpha value is -2.72. The Labute approximate surface area is 184 Å². The van der Waals surface area contributed by atoms with Crippen molar-refractivity contribution in [2.45, 2.75) is 24.3 Å². The highest BCUT2D eigenvalue weighted by atomic mass is 32.2. The molecule has 2 heterocycles. The fourth-order valence-corrected chi connectivity index (χ4v) is 4.68. The molecule has 0 radical (unpaired) electrons. The van der Waals surface area contributed by atoms with E-state index in [4.69, 9.17) is 13.4 Å². The molecule has 4 aromatic rings. The first-order valence-electron chi connectivity index (χ1n) is 9.48. The lowest BCUT2D eigenvalue weighted by Gasteiger charge is -2.23. The van der Waals surface area contributed by atoms with Crippen molar-refractivity contribution in [1.29, 1.82) is 0 Å². The van der Waals surface area contributed by atoms with Gasteiger partial charge in [-0.1, -0.05) is 35.0 Å². The van der Waals surface area contributed by atoms with Gasteiger partial charge in [0.2, 0.25) is 0 Å². The first-order valence-corrected chi connectivity index (χ1v) is 11.8. The van der Waals surface area contributed by atoms with Gasteiger partial charge in [0.15, 0.2) is 5.58 Å². The van der Waals surface area contributed by atoms with E-state index in [0.29, 0.717) is 5.75 Å². The van der Waals surface area contributed by atoms with E-state index in [-0.39, 0.29) is 11.5 Å². The lowest BCUT2D eigenvalue weighted by Crippen LogP contribution is -2.38. The Morgan fingerprint density at radius 2 is 1.90 bits per heavy atom. The Bertz CT molecular complexity index is 1290. The molecule has 1 N–H and O–H groups in total. The van der Waals surface area contributed by atoms with Crippen LogP contribution in [0.15, 0.2) is 69.4 Å². The number of fused-ring (bicyclic) bond motifs is 1. The first kappa shape index (κ1) is 21.5. The summed E-state index contributed by atoms with van der Waals surface area (Å²) in [6, 6.07) is 15.4. The average Bonchev–Trinajstić information content (AvgIpc) is 3.36. The zero-order valence-corrected chi connectivity index (χ0v) is 18.6. The van der Waals surface area contributed by atoms with Crippen LogP contribution in [0.3, 0.4) is 0 Å². The van der Waals surface area contributed by atoms with Crippen molar-refractivity contribution in [2.75, 3.05) is 13.2 Å². The summed E-state index contributed by atoms with van der Waals surface area (Å²) >= 11 is 1.54. The van der Waals surface area contributed by atoms with E-state index < -0.39 is 22.3 Å². The molecule has 0 spiro atoms. The number of thiophene rings is 1. The van der Waals surface area contributed by atoms with Gasteiger partial charge in [0.1, 0.15) is 28.4 Å². The van der Waals surface area contributed by atoms with Gasteiger partial charge in [0, 0.05) is 5.56 Å². The highest BCUT2D eigenvalue weighted by molar-refractivity contribution is 7.86. The summed E-state index contributed by atoms with van der Waals surface area (Å²) < 4.78 is 41.7. The number of nitrogens with zero attached hydrogens (tertiary/aromatic N) is 1. The van der Waals surface area contributed by atoms with Crippen LogP contribution >= 0.6 is 11.3 Å². The number of ether oxygens (including phenoxy) is 1. The molecule has 31 heavy (non-hydrogen) atoms. The van der Waals surface area contributed by atoms with Crippen molar-refractivity contribution in [2.24, 2.45) is 0 Å². The second kappa shape index (κ2) is 8.43. The predicted octanol–water partition coefficient (Wildman–Crippen LogP) is 4.40. The van der Waals surface area contributed by atoms with E-state index in [9.17, 15) is 13.5 Å². The number of hydrogen-bond acceptors (Lipinski definition) is 8. The maximum Gasteiger partial charge on any atom is 0.297 e. The fourth-order valence-electron chi connectivity index (χ4n) is 2.85. The Morgan fingerprint density at radius 1 is 1.13 bits per heavy atom. The lowest BCUT2D eigenvalue weighted by atomic mass is 10.1. The van der Waals surface area contributed by atoms with Gasteiger partial charge in [-0.25, -0.2) is 0 Å². The van der Waals surface area contributed by atoms with Crippen LogP contribution in [0.4, 0.5) is 0 Å². The van der Waals surface area contributed by atoms with Gasteiger partial charge in [0.25, 0.3) is 10.1 Å². The van der Waals surface area contributed by atoms with Crippen molar-refractivity contribution >= 4 is 31.7 Å². The summed E-state index contributed by atoms with van der Waals surface area (Å²) in [7, 11) is -3.98. The fraction of sp³-hybridized carbons (Fsp3) is 0.227. The maximum atomic E-state index is 12.3. The minimum Gasteiger partial charge on any atom is -0.490 e. The number of hydrogen-bond donors (Lipinski definition) is 1. The molecule has 1 atom stereocenters. The minimum atomic E-state index is -3.98. The quantitative estimate of drug-likeness (QED) is 0.390. The van der Waals surface area contributed by atoms with Gasteiger partial charge in [-0.15, -0.1) is 11.3 Å². The van der Waals surface area contributed by atoms with Crippen LogP contribution < -0.4 is 4.74 Å². The highest BCUT2D eigenvalue weighted by Gasteiger charge is 2.27. The van der Waals surface area contributed by atoms with Crippen LogP contribution in [0, 0.1) is 6.92 Å². The van der Waals surface area contributed by atoms with Crippen LogP contribution in [0.2, 0.25) is 0 Å². The molecule has 0 fully saturated rings. The molecule has 4 rings (SSSR count). The van der Waals surface area contributed by atoms with E-state index in [0.717, 1.165) is 27.1 Å². The third-order valence-corrected chi connectivity index (χ3v) is 6.75. The molecule has 162 valence electrons. The zero-order valence-electron chi connectivity index (χ0n) is 16.9. The highest BCUT2D eigenvalue weighted by Crippen LogP contribution is 2.33. The standard InChI is InChI=1S/C22H21NO6S2/c1-15-6-8-18(9-7-15)31(25,26)28-14-22(2,24)13-27-17-5-3-4-16(12-17)20-21-19(29-23-20)10-11-30-21/h3-12,24H,13-14H2,1-2H3. The van der Waals surface area contributed by atoms with E-state index in [1.54, 1.807) is 24.3 Å². The van der Waals surface area contributed by atoms with Gasteiger partial charge in [-0.05, 0) is 49.6 Å². The van der Waals surface area contributed by atoms with Crippen LogP contribution in [-0.2, 0) is 14.3 Å². The summed E-state index contributed by atoms with van der Waals surface area (Å²) in [5.74, 6) is 0.506. The third-order valence-electron chi connectivity index (χ3n) is 4.57. The van der Waals surface area contributed by atoms with Crippen LogP contribution in [-0.4, -0.2) is 37.5 Å². The molecule has 1 unspecified atom stereocenters. The topological polar surface area (TPSA) is 98.9 Å². The second-order valence-corrected chi connectivity index (χ2v) is 10.0. The maximum absolute atomic E-state index is 12.3. The largest absolute Gasteiger partial charge is 0.490 e. The number of aliphatic hydroxyl groups is 1. The summed E-state index contributed by atoms with van der Waals surface area (Å²) in [4.78, 5) is 0.0371. The Kier molecular flexibility index (Phi) is 5.85. The Balaban J connectivity index is 1.40. The number of aromatic nitrogens is 1. The van der Waals surface area contributed by atoms with Crippen molar-refractivity contribution in [3.8, 4) is 17.0 Å². The van der Waals surface area contributed by atoms with E-state index in [1.165, 1.54) is 30.4 Å². The van der Waals surface area contributed by atoms with Crippen molar-refractivity contribution in [3.63, 3.8) is 0 Å². The summed E-state index contributed by atoms with van der Waals surface area (Å²) in [5.41, 5.74) is 1.67. The van der Waals surface area contributed by atoms with E-state index >= 15 is 0 Å². The minimum absolute atomic E-state index is 0.0371. The first-order chi connectivity index (χ1) is 14.7. The Morgan fingerprint density at radius 3 is 2.68 bits per heavy atom. The molecule has 0 saturated carbocycles. The molecule has 7 nitrogen and oxygen atoms in total. The van der Waals surface area contributed by atoms with Crippen molar-refractivity contribution < 1.29 is 27.0 Å². The van der Waals surface area contributed by atoms with Crippen LogP contribution in [0.1, 0.15) is 12.5 Å². The van der Waals surface area contributed by atoms with Gasteiger partial charge in [0.05, 0.1) is 11.5 Å². The second-order valence-electron chi connectivity index (χ2n) is 7.49. The van der Waals surface area contributed by atoms with Crippen LogP contribution in [0.5, 0.6) is 5.75 Å². The van der Waals surface area contributed by atoms with Gasteiger partial charge >= 0.3 is 0 Å². The smallest absolute Gasteiger partial charge is 0.297 e. The van der Waals surface area contributed by atoms with Crippen molar-refractivity contribution in [3.05, 3.63) is 65.5 Å². The summed E-state index contributed by atoms with van der Waals surface area (Å²) in [6.07, 6.45) is 0. The summed E-state index contributed by atoms with van der Waals surface area (Å²) in [6.45, 7) is 2.71. The molecular formula is C22H21NO6S2. The molecule has 0 aliphatic rings. The molecule has 0 aliphatic carbocycles. The molecule has 0 saturated heterocycles. The van der Waals surface area contributed by atoms with Gasteiger partial charge < -0.3 is 14.4 Å². The normalized spacial score (nSPS) is 13.9. The van der Waals surface area contributed by atoms with Gasteiger partial charge in [-0.3, -0.25) is 4.18 Å². The molecule has 0 aliphatic heterocycles.